The highest BCUT2D eigenvalue weighted by atomic mass is 32.2. The SMILES string of the molecule is NC(=S)S.NC(=S)SC(N)=S. The minimum atomic E-state index is 0.194. The molecule has 64 valence electrons. The van der Waals surface area contributed by atoms with Crippen molar-refractivity contribution in [3.63, 3.8) is 0 Å². The molecular formula is C3H7N3S5. The number of hydrogen-bond donors (Lipinski definition) is 4. The average Bonchev–Trinajstić information content (AvgIpc) is 1.56. The van der Waals surface area contributed by atoms with Crippen LogP contribution in [0, 0.1) is 0 Å². The van der Waals surface area contributed by atoms with Crippen molar-refractivity contribution in [1.29, 1.82) is 0 Å². The molecular weight excluding hydrogens is 238 g/mol. The molecule has 0 radical (unpaired) electrons. The normalized spacial score (nSPS) is 7.36. The van der Waals surface area contributed by atoms with Gasteiger partial charge in [0.1, 0.15) is 13.0 Å². The minimum Gasteiger partial charge on any atom is -0.385 e. The quantitative estimate of drug-likeness (QED) is 0.363. The fraction of sp³-hybridized carbons (Fsp3) is 0. The van der Waals surface area contributed by atoms with Crippen LogP contribution in [0.4, 0.5) is 0 Å². The lowest BCUT2D eigenvalue weighted by Crippen LogP contribution is -2.10. The monoisotopic (exact) mass is 245 g/mol. The first-order valence-corrected chi connectivity index (χ1v) is 4.60. The summed E-state index contributed by atoms with van der Waals surface area (Å²) in [7, 11) is 0. The molecule has 0 aromatic rings. The number of rotatable bonds is 0. The highest BCUT2D eigenvalue weighted by Gasteiger charge is 1.89. The summed E-state index contributed by atoms with van der Waals surface area (Å²) in [5, 5.41) is 0. The average molecular weight is 245 g/mol. The lowest BCUT2D eigenvalue weighted by Gasteiger charge is -1.88. The van der Waals surface area contributed by atoms with Gasteiger partial charge < -0.3 is 17.2 Å². The summed E-state index contributed by atoms with van der Waals surface area (Å²) in [6, 6.07) is 0. The van der Waals surface area contributed by atoms with Crippen LogP contribution in [-0.2, 0) is 0 Å². The van der Waals surface area contributed by atoms with Gasteiger partial charge in [-0.2, -0.15) is 0 Å². The standard InChI is InChI=1S/C2H4N2S3.CH3NS2/c3-1(5)7-2(4)6;2-1(3)4/h(H2,3,5)(H2,4,6);(H3,2,3,4). The first-order valence-electron chi connectivity index (χ1n) is 2.11. The molecule has 0 saturated heterocycles. The van der Waals surface area contributed by atoms with E-state index in [-0.39, 0.29) is 13.0 Å². The molecule has 8 heteroatoms. The van der Waals surface area contributed by atoms with E-state index in [0.717, 1.165) is 11.8 Å². The van der Waals surface area contributed by atoms with Crippen LogP contribution in [0.1, 0.15) is 0 Å². The molecule has 0 saturated carbocycles. The summed E-state index contributed by atoms with van der Waals surface area (Å²) in [6.45, 7) is 0. The van der Waals surface area contributed by atoms with Gasteiger partial charge in [0.05, 0.1) is 0 Å². The molecule has 0 aliphatic rings. The first-order chi connectivity index (χ1) is 4.86. The number of thiocarbonyl (C=S) groups is 3. The Morgan fingerprint density at radius 2 is 1.18 bits per heavy atom. The summed E-state index contributed by atoms with van der Waals surface area (Å²) in [5.41, 5.74) is 14.7. The van der Waals surface area contributed by atoms with Gasteiger partial charge in [0.25, 0.3) is 0 Å². The Labute approximate surface area is 90.8 Å². The fourth-order valence-corrected chi connectivity index (χ4v) is 0.994. The highest BCUT2D eigenvalue weighted by Crippen LogP contribution is 1.96. The maximum Gasteiger partial charge on any atom is 0.138 e. The smallest absolute Gasteiger partial charge is 0.138 e. The number of thioether (sulfide) groups is 1. The fourth-order valence-electron chi connectivity index (χ4n) is 0.0991. The maximum atomic E-state index is 5.02. The van der Waals surface area contributed by atoms with Crippen molar-refractivity contribution in [2.24, 2.45) is 17.2 Å². The third-order valence-electron chi connectivity index (χ3n) is 0.201. The highest BCUT2D eigenvalue weighted by molar-refractivity contribution is 8.37. The van der Waals surface area contributed by atoms with E-state index in [9.17, 15) is 0 Å². The van der Waals surface area contributed by atoms with E-state index in [0.29, 0.717) is 0 Å². The Bertz CT molecular complexity index is 150. The zero-order valence-electron chi connectivity index (χ0n) is 5.31. The third-order valence-corrected chi connectivity index (χ3v) is 1.10. The van der Waals surface area contributed by atoms with Gasteiger partial charge in [-0.15, -0.1) is 12.6 Å². The van der Waals surface area contributed by atoms with E-state index in [2.05, 4.69) is 49.3 Å². The van der Waals surface area contributed by atoms with E-state index in [1.807, 2.05) is 0 Å². The maximum absolute atomic E-state index is 5.02. The van der Waals surface area contributed by atoms with Gasteiger partial charge in [-0.3, -0.25) is 0 Å². The van der Waals surface area contributed by atoms with E-state index in [4.69, 9.17) is 17.2 Å². The van der Waals surface area contributed by atoms with Crippen LogP contribution in [0.5, 0.6) is 0 Å². The van der Waals surface area contributed by atoms with Crippen LogP contribution >= 0.6 is 61.0 Å². The molecule has 0 atom stereocenters. The largest absolute Gasteiger partial charge is 0.385 e. The van der Waals surface area contributed by atoms with E-state index >= 15 is 0 Å². The zero-order chi connectivity index (χ0) is 9.44. The molecule has 3 nitrogen and oxygen atoms in total. The summed E-state index contributed by atoms with van der Waals surface area (Å²) in [5.74, 6) is 0. The molecule has 0 unspecified atom stereocenters. The van der Waals surface area contributed by atoms with E-state index in [1.54, 1.807) is 0 Å². The second-order valence-corrected chi connectivity index (χ2v) is 4.78. The summed E-state index contributed by atoms with van der Waals surface area (Å²) in [6.07, 6.45) is 0. The van der Waals surface area contributed by atoms with E-state index in [1.165, 1.54) is 0 Å². The molecule has 6 N–H and O–H groups in total. The van der Waals surface area contributed by atoms with Gasteiger partial charge >= 0.3 is 0 Å². The molecule has 0 heterocycles. The Morgan fingerprint density at radius 1 is 1.00 bits per heavy atom. The lowest BCUT2D eigenvalue weighted by molar-refractivity contribution is 1.89. The van der Waals surface area contributed by atoms with Gasteiger partial charge in [0.2, 0.25) is 0 Å². The zero-order valence-corrected chi connectivity index (χ0v) is 9.47. The molecule has 0 aromatic heterocycles. The van der Waals surface area contributed by atoms with Crippen molar-refractivity contribution in [2.45, 2.75) is 0 Å². The number of thiol groups is 1. The molecule has 0 aliphatic carbocycles. The second-order valence-electron chi connectivity index (χ2n) is 1.08. The predicted octanol–water partition coefficient (Wildman–Crippen LogP) is 0.367. The van der Waals surface area contributed by atoms with Gasteiger partial charge in [-0.25, -0.2) is 0 Å². The van der Waals surface area contributed by atoms with Crippen LogP contribution in [0.25, 0.3) is 0 Å². The van der Waals surface area contributed by atoms with Gasteiger partial charge in [0.15, 0.2) is 0 Å². The predicted molar refractivity (Wildman–Crippen MR) is 66.9 cm³/mol. The minimum absolute atomic E-state index is 0.194. The van der Waals surface area contributed by atoms with Crippen molar-refractivity contribution in [3.8, 4) is 0 Å². The van der Waals surface area contributed by atoms with Gasteiger partial charge in [-0.1, -0.05) is 36.7 Å². The summed E-state index contributed by atoms with van der Waals surface area (Å²) in [4.78, 5) is 0. The van der Waals surface area contributed by atoms with Crippen molar-refractivity contribution in [1.82, 2.24) is 0 Å². The molecule has 0 rings (SSSR count). The number of nitrogens with two attached hydrogens (primary N) is 3. The van der Waals surface area contributed by atoms with Crippen molar-refractivity contribution < 1.29 is 0 Å². The molecule has 0 aromatic carbocycles. The Kier molecular flexibility index (Phi) is 10.7. The molecule has 11 heavy (non-hydrogen) atoms. The van der Waals surface area contributed by atoms with Gasteiger partial charge in [-0.05, 0) is 11.8 Å². The molecule has 0 bridgehead atoms. The van der Waals surface area contributed by atoms with Crippen LogP contribution < -0.4 is 17.2 Å². The number of hydrogen-bond acceptors (Lipinski definition) is 4. The van der Waals surface area contributed by atoms with Crippen LogP contribution in [-0.4, -0.2) is 13.0 Å². The van der Waals surface area contributed by atoms with Crippen molar-refractivity contribution in [3.05, 3.63) is 0 Å². The summed E-state index contributed by atoms with van der Waals surface area (Å²) >= 11 is 17.6. The van der Waals surface area contributed by atoms with E-state index < -0.39 is 0 Å². The van der Waals surface area contributed by atoms with Crippen LogP contribution in [0.3, 0.4) is 0 Å². The topological polar surface area (TPSA) is 78.1 Å². The Hall–Kier alpha value is 0.370. The van der Waals surface area contributed by atoms with Crippen LogP contribution in [0.15, 0.2) is 0 Å². The Morgan fingerprint density at radius 3 is 1.18 bits per heavy atom. The molecule has 0 aliphatic heterocycles. The third kappa shape index (κ3) is 38.0. The van der Waals surface area contributed by atoms with Crippen molar-refractivity contribution >= 4 is 74.0 Å². The van der Waals surface area contributed by atoms with Gasteiger partial charge in [0, 0.05) is 0 Å². The first kappa shape index (κ1) is 13.9. The van der Waals surface area contributed by atoms with Crippen molar-refractivity contribution in [2.75, 3.05) is 0 Å². The molecule has 0 amide bonds. The summed E-state index contributed by atoms with van der Waals surface area (Å²) < 4.78 is 0.736. The lowest BCUT2D eigenvalue weighted by atomic mass is 11.5. The molecule has 0 spiro atoms. The Balaban J connectivity index is 0. The second kappa shape index (κ2) is 8.47. The molecule has 0 fully saturated rings. The van der Waals surface area contributed by atoms with Crippen LogP contribution in [0.2, 0.25) is 0 Å².